The summed E-state index contributed by atoms with van der Waals surface area (Å²) in [4.78, 5) is 11.8. The molecule has 112 valence electrons. The van der Waals surface area contributed by atoms with E-state index in [-0.39, 0.29) is 0 Å². The molecule has 1 fully saturated rings. The van der Waals surface area contributed by atoms with Crippen LogP contribution in [0.1, 0.15) is 57.2 Å². The summed E-state index contributed by atoms with van der Waals surface area (Å²) < 4.78 is 0. The maximum absolute atomic E-state index is 4.76. The molecule has 20 heavy (non-hydrogen) atoms. The van der Waals surface area contributed by atoms with E-state index in [2.05, 4.69) is 36.0 Å². The van der Waals surface area contributed by atoms with Crippen molar-refractivity contribution in [1.29, 1.82) is 0 Å². The fraction of sp³-hybridized carbons (Fsp3) is 0.750. The topological polar surface area (TPSA) is 41.1 Å². The van der Waals surface area contributed by atoms with Crippen LogP contribution in [0.4, 0.5) is 5.95 Å². The summed E-state index contributed by atoms with van der Waals surface area (Å²) in [5.41, 5.74) is 2.32. The van der Waals surface area contributed by atoms with Gasteiger partial charge in [0.2, 0.25) is 5.95 Å². The maximum Gasteiger partial charge on any atom is 0.225 e. The highest BCUT2D eigenvalue weighted by Gasteiger charge is 2.24. The molecule has 0 radical (unpaired) electrons. The first kappa shape index (κ1) is 15.2. The quantitative estimate of drug-likeness (QED) is 0.867. The predicted octanol–water partition coefficient (Wildman–Crippen LogP) is 3.05. The number of aromatic nitrogens is 2. The molecule has 2 heterocycles. The monoisotopic (exact) mass is 276 g/mol. The first-order chi connectivity index (χ1) is 9.76. The summed E-state index contributed by atoms with van der Waals surface area (Å²) in [5, 5.41) is 3.34. The molecule has 1 aliphatic heterocycles. The van der Waals surface area contributed by atoms with E-state index in [0.717, 1.165) is 31.3 Å². The van der Waals surface area contributed by atoms with E-state index in [1.165, 1.54) is 37.7 Å². The smallest absolute Gasteiger partial charge is 0.225 e. The molecule has 0 saturated carbocycles. The zero-order valence-corrected chi connectivity index (χ0v) is 13.2. The van der Waals surface area contributed by atoms with E-state index in [4.69, 9.17) is 4.98 Å². The van der Waals surface area contributed by atoms with Crippen molar-refractivity contribution in [3.05, 3.63) is 17.5 Å². The average Bonchev–Trinajstić information content (AvgIpc) is 2.47. The molecule has 1 aromatic heterocycles. The number of nitrogens with zero attached hydrogens (tertiary/aromatic N) is 3. The van der Waals surface area contributed by atoms with Crippen LogP contribution in [0.25, 0.3) is 0 Å². The van der Waals surface area contributed by atoms with Gasteiger partial charge in [-0.25, -0.2) is 9.97 Å². The number of hydrogen-bond donors (Lipinski definition) is 1. The summed E-state index contributed by atoms with van der Waals surface area (Å²) in [6.45, 7) is 9.42. The Morgan fingerprint density at radius 3 is 2.90 bits per heavy atom. The molecule has 1 aromatic rings. The molecule has 4 heteroatoms. The lowest BCUT2D eigenvalue weighted by atomic mass is 9.99. The van der Waals surface area contributed by atoms with Crippen LogP contribution in [0.2, 0.25) is 0 Å². The van der Waals surface area contributed by atoms with Crippen LogP contribution >= 0.6 is 0 Å². The Hall–Kier alpha value is -1.16. The van der Waals surface area contributed by atoms with Gasteiger partial charge in [0.25, 0.3) is 0 Å². The third-order valence-electron chi connectivity index (χ3n) is 4.14. The van der Waals surface area contributed by atoms with Crippen molar-refractivity contribution in [3.63, 3.8) is 0 Å². The fourth-order valence-corrected chi connectivity index (χ4v) is 2.95. The van der Waals surface area contributed by atoms with E-state index in [9.17, 15) is 0 Å². The number of piperidine rings is 1. The highest BCUT2D eigenvalue weighted by atomic mass is 15.3. The number of rotatable bonds is 6. The van der Waals surface area contributed by atoms with Crippen LogP contribution in [-0.2, 0) is 6.54 Å². The fourth-order valence-electron chi connectivity index (χ4n) is 2.95. The molecule has 2 rings (SSSR count). The van der Waals surface area contributed by atoms with E-state index in [1.54, 1.807) is 0 Å². The molecular weight excluding hydrogens is 248 g/mol. The third kappa shape index (κ3) is 3.69. The minimum absolute atomic E-state index is 0.632. The Morgan fingerprint density at radius 1 is 1.35 bits per heavy atom. The van der Waals surface area contributed by atoms with E-state index in [0.29, 0.717) is 6.04 Å². The Kier molecular flexibility index (Phi) is 5.77. The van der Waals surface area contributed by atoms with Crippen molar-refractivity contribution in [3.8, 4) is 0 Å². The lowest BCUT2D eigenvalue weighted by molar-refractivity contribution is 0.428. The molecule has 0 bridgehead atoms. The van der Waals surface area contributed by atoms with Crippen molar-refractivity contribution in [2.24, 2.45) is 0 Å². The highest BCUT2D eigenvalue weighted by Crippen LogP contribution is 2.25. The molecule has 0 aliphatic carbocycles. The lowest BCUT2D eigenvalue weighted by Gasteiger charge is -2.36. The second kappa shape index (κ2) is 7.58. The number of anilines is 1. The first-order valence-electron chi connectivity index (χ1n) is 8.06. The molecule has 1 N–H and O–H groups in total. The number of aryl methyl sites for hydroxylation is 1. The van der Waals surface area contributed by atoms with Crippen LogP contribution in [0.15, 0.2) is 6.20 Å². The van der Waals surface area contributed by atoms with Gasteiger partial charge in [-0.15, -0.1) is 0 Å². The largest absolute Gasteiger partial charge is 0.338 e. The van der Waals surface area contributed by atoms with Gasteiger partial charge in [-0.05, 0) is 39.2 Å². The summed E-state index contributed by atoms with van der Waals surface area (Å²) in [5.74, 6) is 0.931. The standard InChI is InChI=1S/C16H28N4/c1-4-8-15-9-6-7-10-20(15)16-18-12-14(11-17-5-2)13(3)19-16/h12,15,17H,4-11H2,1-3H3. The van der Waals surface area contributed by atoms with E-state index >= 15 is 0 Å². The van der Waals surface area contributed by atoms with Gasteiger partial charge >= 0.3 is 0 Å². The van der Waals surface area contributed by atoms with Crippen molar-refractivity contribution in [2.75, 3.05) is 18.0 Å². The maximum atomic E-state index is 4.76. The molecular formula is C16H28N4. The molecule has 1 aliphatic rings. The highest BCUT2D eigenvalue weighted by molar-refractivity contribution is 5.35. The third-order valence-corrected chi connectivity index (χ3v) is 4.14. The molecule has 1 atom stereocenters. The van der Waals surface area contributed by atoms with Gasteiger partial charge in [0.05, 0.1) is 0 Å². The van der Waals surface area contributed by atoms with Gasteiger partial charge in [0.15, 0.2) is 0 Å². The van der Waals surface area contributed by atoms with Gasteiger partial charge in [-0.2, -0.15) is 0 Å². The Balaban J connectivity index is 2.12. The lowest BCUT2D eigenvalue weighted by Crippen LogP contribution is -2.40. The van der Waals surface area contributed by atoms with E-state index < -0.39 is 0 Å². The van der Waals surface area contributed by atoms with Crippen molar-refractivity contribution >= 4 is 5.95 Å². The van der Waals surface area contributed by atoms with Crippen molar-refractivity contribution in [2.45, 2.75) is 65.5 Å². The minimum Gasteiger partial charge on any atom is -0.338 e. The van der Waals surface area contributed by atoms with Gasteiger partial charge in [0.1, 0.15) is 0 Å². The molecule has 0 amide bonds. The summed E-state index contributed by atoms with van der Waals surface area (Å²) in [6, 6.07) is 0.632. The second-order valence-electron chi connectivity index (χ2n) is 5.69. The summed E-state index contributed by atoms with van der Waals surface area (Å²) in [7, 11) is 0. The van der Waals surface area contributed by atoms with Crippen LogP contribution < -0.4 is 10.2 Å². The zero-order chi connectivity index (χ0) is 14.4. The molecule has 1 saturated heterocycles. The SMILES string of the molecule is CCCC1CCCCN1c1ncc(CNCC)c(C)n1. The van der Waals surface area contributed by atoms with Crippen molar-refractivity contribution < 1.29 is 0 Å². The molecule has 4 nitrogen and oxygen atoms in total. The van der Waals surface area contributed by atoms with Crippen molar-refractivity contribution in [1.82, 2.24) is 15.3 Å². The Morgan fingerprint density at radius 2 is 2.20 bits per heavy atom. The Bertz CT molecular complexity index is 417. The first-order valence-corrected chi connectivity index (χ1v) is 8.06. The average molecular weight is 276 g/mol. The van der Waals surface area contributed by atoms with Gasteiger partial charge in [-0.1, -0.05) is 20.3 Å². The molecule has 0 aromatic carbocycles. The molecule has 1 unspecified atom stereocenters. The van der Waals surface area contributed by atoms with Crippen LogP contribution in [0.3, 0.4) is 0 Å². The minimum atomic E-state index is 0.632. The van der Waals surface area contributed by atoms with Gasteiger partial charge in [0, 0.05) is 36.6 Å². The zero-order valence-electron chi connectivity index (χ0n) is 13.2. The summed E-state index contributed by atoms with van der Waals surface area (Å²) in [6.07, 6.45) is 8.38. The predicted molar refractivity (Wildman–Crippen MR) is 84.0 cm³/mol. The normalized spacial score (nSPS) is 19.4. The van der Waals surface area contributed by atoms with Crippen LogP contribution in [0.5, 0.6) is 0 Å². The van der Waals surface area contributed by atoms with E-state index in [1.807, 2.05) is 6.20 Å². The van der Waals surface area contributed by atoms with Gasteiger partial charge < -0.3 is 10.2 Å². The number of nitrogens with one attached hydrogen (secondary N) is 1. The second-order valence-corrected chi connectivity index (χ2v) is 5.69. The summed E-state index contributed by atoms with van der Waals surface area (Å²) >= 11 is 0. The Labute approximate surface area is 123 Å². The van der Waals surface area contributed by atoms with Crippen LogP contribution in [-0.4, -0.2) is 29.1 Å². The molecule has 0 spiro atoms. The number of hydrogen-bond acceptors (Lipinski definition) is 4. The van der Waals surface area contributed by atoms with Crippen LogP contribution in [0, 0.1) is 6.92 Å². The van der Waals surface area contributed by atoms with Gasteiger partial charge in [-0.3, -0.25) is 0 Å².